The van der Waals surface area contributed by atoms with Crippen molar-refractivity contribution in [3.05, 3.63) is 15.8 Å². The fraction of sp³-hybridized carbons (Fsp3) is 0.692. The van der Waals surface area contributed by atoms with Crippen molar-refractivity contribution in [3.8, 4) is 0 Å². The number of aryl methyl sites for hydroxylation is 1. The number of aliphatic hydroxyl groups excluding tert-OH is 1. The van der Waals surface area contributed by atoms with Crippen LogP contribution in [0.25, 0.3) is 0 Å². The largest absolute Gasteiger partial charge is 0.393 e. The lowest BCUT2D eigenvalue weighted by atomic mass is 9.92. The van der Waals surface area contributed by atoms with E-state index in [9.17, 15) is 15.2 Å². The van der Waals surface area contributed by atoms with Crippen molar-refractivity contribution in [3.63, 3.8) is 0 Å². The van der Waals surface area contributed by atoms with Gasteiger partial charge in [0.05, 0.1) is 11.0 Å². The number of hydrogen-bond acceptors (Lipinski definition) is 7. The third-order valence-corrected chi connectivity index (χ3v) is 3.97. The van der Waals surface area contributed by atoms with E-state index < -0.39 is 4.92 Å². The van der Waals surface area contributed by atoms with Crippen LogP contribution in [0.2, 0.25) is 0 Å². The summed E-state index contributed by atoms with van der Waals surface area (Å²) in [6.07, 6.45) is 1.25. The quantitative estimate of drug-likeness (QED) is 0.637. The molecule has 1 aromatic heterocycles. The molecule has 1 saturated heterocycles. The van der Waals surface area contributed by atoms with E-state index in [1.165, 1.54) is 0 Å². The highest BCUT2D eigenvalue weighted by Crippen LogP contribution is 2.33. The topological polar surface area (TPSA) is 104 Å². The molecule has 0 aromatic carbocycles. The molecule has 21 heavy (non-hydrogen) atoms. The maximum atomic E-state index is 11.3. The smallest absolute Gasteiger partial charge is 0.332 e. The predicted octanol–water partition coefficient (Wildman–Crippen LogP) is 1.33. The van der Waals surface area contributed by atoms with E-state index in [1.54, 1.807) is 20.9 Å². The number of nitrogens with zero attached hydrogens (tertiary/aromatic N) is 4. The highest BCUT2D eigenvalue weighted by Gasteiger charge is 2.30. The van der Waals surface area contributed by atoms with Crippen LogP contribution in [0.5, 0.6) is 0 Å². The Balaban J connectivity index is 2.30. The minimum atomic E-state index is -0.426. The Hall–Kier alpha value is -1.96. The monoisotopic (exact) mass is 295 g/mol. The number of piperidine rings is 1. The number of nitro groups is 1. The van der Waals surface area contributed by atoms with Crippen molar-refractivity contribution in [1.29, 1.82) is 0 Å². The molecule has 1 aliphatic heterocycles. The van der Waals surface area contributed by atoms with Gasteiger partial charge in [-0.2, -0.15) is 4.98 Å². The van der Waals surface area contributed by atoms with Gasteiger partial charge in [-0.05, 0) is 32.6 Å². The standard InChI is InChI=1S/C13H21N5O3/c1-8-11(18(20)21)12(16-13(14-3)15-8)17-6-4-10(5-7-17)9(2)19/h9-10,19H,4-7H2,1-3H3,(H,14,15,16). The molecule has 1 unspecified atom stereocenters. The SMILES string of the molecule is CNc1nc(C)c([N+](=O)[O-])c(N2CCC(C(C)O)CC2)n1. The van der Waals surface area contributed by atoms with Crippen LogP contribution in [-0.2, 0) is 0 Å². The van der Waals surface area contributed by atoms with Gasteiger partial charge in [0, 0.05) is 20.1 Å². The highest BCUT2D eigenvalue weighted by molar-refractivity contribution is 5.62. The van der Waals surface area contributed by atoms with E-state index in [-0.39, 0.29) is 17.7 Å². The van der Waals surface area contributed by atoms with Gasteiger partial charge in [0.25, 0.3) is 0 Å². The van der Waals surface area contributed by atoms with Gasteiger partial charge in [0.1, 0.15) is 5.69 Å². The number of rotatable bonds is 4. The summed E-state index contributed by atoms with van der Waals surface area (Å²) in [6, 6.07) is 0. The second kappa shape index (κ2) is 6.21. The van der Waals surface area contributed by atoms with Crippen LogP contribution in [0.4, 0.5) is 17.5 Å². The molecule has 8 nitrogen and oxygen atoms in total. The van der Waals surface area contributed by atoms with Gasteiger partial charge >= 0.3 is 5.69 Å². The molecule has 0 radical (unpaired) electrons. The molecule has 2 heterocycles. The fourth-order valence-electron chi connectivity index (χ4n) is 2.69. The van der Waals surface area contributed by atoms with Crippen LogP contribution in [0.1, 0.15) is 25.5 Å². The molecule has 2 N–H and O–H groups in total. The van der Waals surface area contributed by atoms with Gasteiger partial charge in [-0.3, -0.25) is 10.1 Å². The third kappa shape index (κ3) is 3.21. The van der Waals surface area contributed by atoms with E-state index in [2.05, 4.69) is 15.3 Å². The summed E-state index contributed by atoms with van der Waals surface area (Å²) in [5.74, 6) is 0.985. The van der Waals surface area contributed by atoms with Gasteiger partial charge in [-0.15, -0.1) is 0 Å². The second-order valence-corrected chi connectivity index (χ2v) is 5.38. The molecular formula is C13H21N5O3. The molecule has 0 amide bonds. The van der Waals surface area contributed by atoms with Crippen molar-refractivity contribution in [2.45, 2.75) is 32.8 Å². The Labute approximate surface area is 123 Å². The summed E-state index contributed by atoms with van der Waals surface area (Å²) in [5.41, 5.74) is 0.316. The predicted molar refractivity (Wildman–Crippen MR) is 79.6 cm³/mol. The molecule has 0 aliphatic carbocycles. The number of nitrogens with one attached hydrogen (secondary N) is 1. The maximum Gasteiger partial charge on any atom is 0.332 e. The maximum absolute atomic E-state index is 11.3. The van der Waals surface area contributed by atoms with E-state index in [4.69, 9.17) is 0 Å². The normalized spacial score (nSPS) is 17.6. The lowest BCUT2D eigenvalue weighted by Crippen LogP contribution is -2.38. The molecule has 1 fully saturated rings. The summed E-state index contributed by atoms with van der Waals surface area (Å²) in [5, 5.41) is 23.8. The van der Waals surface area contributed by atoms with Gasteiger partial charge in [0.15, 0.2) is 0 Å². The van der Waals surface area contributed by atoms with Crippen LogP contribution in [0, 0.1) is 23.0 Å². The van der Waals surface area contributed by atoms with E-state index in [0.29, 0.717) is 30.5 Å². The first-order chi connectivity index (χ1) is 9.93. The molecule has 1 aromatic rings. The molecule has 116 valence electrons. The zero-order valence-corrected chi connectivity index (χ0v) is 12.5. The van der Waals surface area contributed by atoms with Gasteiger partial charge in [-0.25, -0.2) is 4.98 Å². The molecule has 0 bridgehead atoms. The Morgan fingerprint density at radius 2 is 2.05 bits per heavy atom. The minimum Gasteiger partial charge on any atom is -0.393 e. The van der Waals surface area contributed by atoms with Crippen LogP contribution >= 0.6 is 0 Å². The molecule has 0 saturated carbocycles. The Kier molecular flexibility index (Phi) is 4.56. The van der Waals surface area contributed by atoms with E-state index in [1.807, 2.05) is 4.90 Å². The van der Waals surface area contributed by atoms with Crippen molar-refractivity contribution in [2.24, 2.45) is 5.92 Å². The van der Waals surface area contributed by atoms with E-state index >= 15 is 0 Å². The van der Waals surface area contributed by atoms with Crippen molar-refractivity contribution >= 4 is 17.5 Å². The van der Waals surface area contributed by atoms with Gasteiger partial charge in [0.2, 0.25) is 11.8 Å². The minimum absolute atomic E-state index is 0.0375. The first kappa shape index (κ1) is 15.4. The van der Waals surface area contributed by atoms with Crippen molar-refractivity contribution in [1.82, 2.24) is 9.97 Å². The molecule has 8 heteroatoms. The Morgan fingerprint density at radius 1 is 1.43 bits per heavy atom. The summed E-state index contributed by atoms with van der Waals surface area (Å²) < 4.78 is 0. The lowest BCUT2D eigenvalue weighted by molar-refractivity contribution is -0.385. The Morgan fingerprint density at radius 3 is 2.52 bits per heavy atom. The summed E-state index contributed by atoms with van der Waals surface area (Å²) in [7, 11) is 1.68. The van der Waals surface area contributed by atoms with Crippen LogP contribution in [-0.4, -0.2) is 46.2 Å². The summed E-state index contributed by atoms with van der Waals surface area (Å²) in [6.45, 7) is 4.70. The van der Waals surface area contributed by atoms with Gasteiger partial charge < -0.3 is 15.3 Å². The zero-order valence-electron chi connectivity index (χ0n) is 12.5. The first-order valence-electron chi connectivity index (χ1n) is 7.07. The van der Waals surface area contributed by atoms with Crippen LogP contribution in [0.3, 0.4) is 0 Å². The third-order valence-electron chi connectivity index (χ3n) is 3.97. The molecule has 1 atom stereocenters. The molecule has 2 rings (SSSR count). The Bertz CT molecular complexity index is 527. The number of aliphatic hydroxyl groups is 1. The van der Waals surface area contributed by atoms with Crippen molar-refractivity contribution < 1.29 is 10.0 Å². The average molecular weight is 295 g/mol. The first-order valence-corrected chi connectivity index (χ1v) is 7.07. The van der Waals surface area contributed by atoms with Crippen LogP contribution < -0.4 is 10.2 Å². The molecular weight excluding hydrogens is 274 g/mol. The zero-order chi connectivity index (χ0) is 15.6. The average Bonchev–Trinajstić information content (AvgIpc) is 2.45. The second-order valence-electron chi connectivity index (χ2n) is 5.38. The number of anilines is 2. The van der Waals surface area contributed by atoms with Gasteiger partial charge in [-0.1, -0.05) is 0 Å². The highest BCUT2D eigenvalue weighted by atomic mass is 16.6. The molecule has 0 spiro atoms. The van der Waals surface area contributed by atoms with Crippen LogP contribution in [0.15, 0.2) is 0 Å². The molecule has 1 aliphatic rings. The number of aromatic nitrogens is 2. The summed E-state index contributed by atoms with van der Waals surface area (Å²) >= 11 is 0. The fourth-order valence-corrected chi connectivity index (χ4v) is 2.69. The lowest BCUT2D eigenvalue weighted by Gasteiger charge is -2.33. The number of hydrogen-bond donors (Lipinski definition) is 2. The summed E-state index contributed by atoms with van der Waals surface area (Å²) in [4.78, 5) is 21.1. The van der Waals surface area contributed by atoms with Crippen molar-refractivity contribution in [2.75, 3.05) is 30.4 Å². The van der Waals surface area contributed by atoms with E-state index in [0.717, 1.165) is 12.8 Å².